The van der Waals surface area contributed by atoms with Crippen LogP contribution in [0.2, 0.25) is 0 Å². The molecule has 0 aromatic heterocycles. The lowest BCUT2D eigenvalue weighted by Gasteiger charge is -1.95. The summed E-state index contributed by atoms with van der Waals surface area (Å²) in [5.41, 5.74) is 0. The molecule has 0 aromatic rings. The largest absolute Gasteiger partial charge is 0.481 e. The molecule has 0 aliphatic heterocycles. The molecule has 3 nitrogen and oxygen atoms in total. The van der Waals surface area contributed by atoms with Crippen LogP contribution in [0.4, 0.5) is 0 Å². The van der Waals surface area contributed by atoms with E-state index in [1.807, 2.05) is 7.05 Å². The smallest absolute Gasteiger partial charge is 0.313 e. The second-order valence-electron chi connectivity index (χ2n) is 1.55. The number of nitrogens with one attached hydrogen (secondary N) is 1. The first-order chi connectivity index (χ1) is 4.27. The summed E-state index contributed by atoms with van der Waals surface area (Å²) in [7, 11) is 1.85. The van der Waals surface area contributed by atoms with Gasteiger partial charge in [-0.05, 0) is 7.05 Å². The first-order valence-electron chi connectivity index (χ1n) is 2.71. The van der Waals surface area contributed by atoms with Gasteiger partial charge >= 0.3 is 5.97 Å². The van der Waals surface area contributed by atoms with Crippen LogP contribution < -0.4 is 5.32 Å². The van der Waals surface area contributed by atoms with Crippen LogP contribution in [0.1, 0.15) is 0 Å². The van der Waals surface area contributed by atoms with Gasteiger partial charge in [0.2, 0.25) is 0 Å². The fraction of sp³-hybridized carbons (Fsp3) is 0.800. The molecule has 10 heavy (non-hydrogen) atoms. The normalized spacial score (nSPS) is 8.50. The molecule has 0 rings (SSSR count). The lowest BCUT2D eigenvalue weighted by atomic mass is 10.8. The molecule has 0 radical (unpaired) electrons. The second kappa shape index (κ2) is 9.07. The average Bonchev–Trinajstić information content (AvgIpc) is 1.80. The Hall–Kier alpha value is 0.0700. The van der Waals surface area contributed by atoms with E-state index >= 15 is 0 Å². The molecule has 0 heterocycles. The van der Waals surface area contributed by atoms with Crippen LogP contribution >= 0.6 is 24.2 Å². The van der Waals surface area contributed by atoms with Gasteiger partial charge in [0.15, 0.2) is 0 Å². The van der Waals surface area contributed by atoms with Crippen LogP contribution in [0.15, 0.2) is 0 Å². The van der Waals surface area contributed by atoms with Crippen LogP contribution in [0.5, 0.6) is 0 Å². The number of carbonyl (C=O) groups is 1. The molecule has 0 bridgehead atoms. The summed E-state index contributed by atoms with van der Waals surface area (Å²) >= 11 is 1.42. The van der Waals surface area contributed by atoms with E-state index in [1.165, 1.54) is 11.8 Å². The van der Waals surface area contributed by atoms with Crippen molar-refractivity contribution in [1.82, 2.24) is 5.32 Å². The van der Waals surface area contributed by atoms with Crippen molar-refractivity contribution in [3.8, 4) is 0 Å². The van der Waals surface area contributed by atoms with Crippen LogP contribution in [0, 0.1) is 0 Å². The Kier molecular flexibility index (Phi) is 11.5. The molecule has 0 aliphatic rings. The van der Waals surface area contributed by atoms with E-state index in [-0.39, 0.29) is 18.2 Å². The number of carboxylic acids is 1. The number of halogens is 1. The Balaban J connectivity index is 0. The minimum absolute atomic E-state index is 0. The first-order valence-corrected chi connectivity index (χ1v) is 3.87. The van der Waals surface area contributed by atoms with Crippen molar-refractivity contribution in [2.75, 3.05) is 25.1 Å². The summed E-state index contributed by atoms with van der Waals surface area (Å²) in [6.45, 7) is 0.873. The van der Waals surface area contributed by atoms with Gasteiger partial charge in [-0.2, -0.15) is 0 Å². The van der Waals surface area contributed by atoms with Crippen molar-refractivity contribution in [3.63, 3.8) is 0 Å². The maximum absolute atomic E-state index is 9.92. The summed E-state index contributed by atoms with van der Waals surface area (Å²) in [6, 6.07) is 0. The number of aliphatic carboxylic acids is 1. The minimum Gasteiger partial charge on any atom is -0.481 e. The molecule has 0 unspecified atom stereocenters. The zero-order valence-corrected chi connectivity index (χ0v) is 7.43. The van der Waals surface area contributed by atoms with Crippen LogP contribution in [0.25, 0.3) is 0 Å². The fourth-order valence-corrected chi connectivity index (χ4v) is 1.00. The fourth-order valence-electron chi connectivity index (χ4n) is 0.334. The van der Waals surface area contributed by atoms with Gasteiger partial charge in [0.05, 0.1) is 5.75 Å². The highest BCUT2D eigenvalue weighted by Crippen LogP contribution is 1.95. The summed E-state index contributed by atoms with van der Waals surface area (Å²) in [5, 5.41) is 11.1. The standard InChI is InChI=1S/C5H11NO2S.ClH/c1-6-2-3-9-4-5(7)8;/h6H,2-4H2,1H3,(H,7,8);1H. The molecule has 0 spiro atoms. The van der Waals surface area contributed by atoms with Gasteiger partial charge < -0.3 is 10.4 Å². The summed E-state index contributed by atoms with van der Waals surface area (Å²) in [6.07, 6.45) is 0. The molecule has 62 valence electrons. The third-order valence-corrected chi connectivity index (χ3v) is 1.67. The van der Waals surface area contributed by atoms with E-state index in [0.29, 0.717) is 0 Å². The van der Waals surface area contributed by atoms with Crippen LogP contribution in [0.3, 0.4) is 0 Å². The molecule has 5 heteroatoms. The second-order valence-corrected chi connectivity index (χ2v) is 2.66. The Bertz CT molecular complexity index is 91.7. The van der Waals surface area contributed by atoms with Crippen molar-refractivity contribution >= 4 is 30.1 Å². The number of hydrogen-bond acceptors (Lipinski definition) is 3. The molecule has 0 fully saturated rings. The molecule has 0 saturated heterocycles. The van der Waals surface area contributed by atoms with Gasteiger partial charge in [-0.1, -0.05) is 0 Å². The first kappa shape index (κ1) is 12.7. The summed E-state index contributed by atoms with van der Waals surface area (Å²) in [4.78, 5) is 9.92. The Labute approximate surface area is 71.0 Å². The van der Waals surface area contributed by atoms with E-state index < -0.39 is 5.97 Å². The predicted molar refractivity (Wildman–Crippen MR) is 46.1 cm³/mol. The number of carboxylic acid groups (broad SMARTS) is 1. The Morgan fingerprint density at radius 2 is 2.30 bits per heavy atom. The molecule has 0 atom stereocenters. The van der Waals surface area contributed by atoms with Gasteiger partial charge in [0.25, 0.3) is 0 Å². The maximum Gasteiger partial charge on any atom is 0.313 e. The molecular weight excluding hydrogens is 174 g/mol. The molecule has 0 aromatic carbocycles. The summed E-state index contributed by atoms with van der Waals surface area (Å²) < 4.78 is 0. The topological polar surface area (TPSA) is 49.3 Å². The van der Waals surface area contributed by atoms with Crippen molar-refractivity contribution < 1.29 is 9.90 Å². The van der Waals surface area contributed by atoms with E-state index in [1.54, 1.807) is 0 Å². The maximum atomic E-state index is 9.92. The highest BCUT2D eigenvalue weighted by molar-refractivity contribution is 7.99. The number of rotatable bonds is 5. The third kappa shape index (κ3) is 10.9. The van der Waals surface area contributed by atoms with Crippen molar-refractivity contribution in [3.05, 3.63) is 0 Å². The van der Waals surface area contributed by atoms with E-state index in [2.05, 4.69) is 5.32 Å². The quantitative estimate of drug-likeness (QED) is 0.611. The number of thioether (sulfide) groups is 1. The average molecular weight is 186 g/mol. The third-order valence-electron chi connectivity index (χ3n) is 0.722. The zero-order valence-electron chi connectivity index (χ0n) is 5.79. The molecular formula is C5H12ClNO2S. The lowest BCUT2D eigenvalue weighted by molar-refractivity contribution is -0.133. The molecule has 2 N–H and O–H groups in total. The highest BCUT2D eigenvalue weighted by atomic mass is 35.5. The van der Waals surface area contributed by atoms with Crippen molar-refractivity contribution in [1.29, 1.82) is 0 Å². The van der Waals surface area contributed by atoms with Gasteiger partial charge in [0.1, 0.15) is 0 Å². The lowest BCUT2D eigenvalue weighted by Crippen LogP contribution is -2.11. The predicted octanol–water partition coefficient (Wildman–Crippen LogP) is 0.445. The van der Waals surface area contributed by atoms with E-state index in [0.717, 1.165) is 12.3 Å². The van der Waals surface area contributed by atoms with Gasteiger partial charge in [-0.3, -0.25) is 4.79 Å². The summed E-state index contributed by atoms with van der Waals surface area (Å²) in [5.74, 6) is 0.334. The molecule has 0 aliphatic carbocycles. The monoisotopic (exact) mass is 185 g/mol. The van der Waals surface area contributed by atoms with Gasteiger partial charge in [-0.15, -0.1) is 24.2 Å². The van der Waals surface area contributed by atoms with Gasteiger partial charge in [-0.25, -0.2) is 0 Å². The highest BCUT2D eigenvalue weighted by Gasteiger charge is 1.93. The Morgan fingerprint density at radius 1 is 1.70 bits per heavy atom. The van der Waals surface area contributed by atoms with Gasteiger partial charge in [0, 0.05) is 12.3 Å². The SMILES string of the molecule is CNCCSCC(=O)O.Cl. The molecule has 0 amide bonds. The zero-order chi connectivity index (χ0) is 7.11. The van der Waals surface area contributed by atoms with Crippen molar-refractivity contribution in [2.45, 2.75) is 0 Å². The van der Waals surface area contributed by atoms with Crippen LogP contribution in [-0.4, -0.2) is 36.2 Å². The van der Waals surface area contributed by atoms with Crippen LogP contribution in [-0.2, 0) is 4.79 Å². The van der Waals surface area contributed by atoms with E-state index in [9.17, 15) is 4.79 Å². The Morgan fingerprint density at radius 3 is 2.70 bits per heavy atom. The minimum atomic E-state index is -0.740. The molecule has 0 saturated carbocycles. The van der Waals surface area contributed by atoms with Crippen molar-refractivity contribution in [2.24, 2.45) is 0 Å². The number of hydrogen-bond donors (Lipinski definition) is 2. The van der Waals surface area contributed by atoms with E-state index in [4.69, 9.17) is 5.11 Å².